The predicted octanol–water partition coefficient (Wildman–Crippen LogP) is 16.9. The zero-order chi connectivity index (χ0) is 41.5. The monoisotopic (exact) mass is 817 g/mol. The van der Waals surface area contributed by atoms with E-state index in [-0.39, 0.29) is 0 Å². The van der Waals surface area contributed by atoms with Crippen LogP contribution in [0.1, 0.15) is 22.3 Å². The summed E-state index contributed by atoms with van der Waals surface area (Å²) >= 11 is 1.88. The second-order valence-electron chi connectivity index (χ2n) is 16.7. The van der Waals surface area contributed by atoms with Gasteiger partial charge in [0.25, 0.3) is 0 Å². The smallest absolute Gasteiger partial charge is 0.0725 e. The first-order valence-corrected chi connectivity index (χ1v) is 22.6. The predicted molar refractivity (Wildman–Crippen MR) is 267 cm³/mol. The normalized spacial score (nSPS) is 12.9. The van der Waals surface area contributed by atoms with Gasteiger partial charge >= 0.3 is 0 Å². The van der Waals surface area contributed by atoms with Crippen LogP contribution in [0.3, 0.4) is 0 Å². The van der Waals surface area contributed by atoms with Crippen LogP contribution in [-0.2, 0) is 5.41 Å². The molecule has 0 bridgehead atoms. The zero-order valence-electron chi connectivity index (χ0n) is 34.4. The minimum Gasteiger partial charge on any atom is -0.308 e. The van der Waals surface area contributed by atoms with Crippen LogP contribution >= 0.6 is 11.3 Å². The summed E-state index contributed by atoms with van der Waals surface area (Å²) < 4.78 is 2.56. The van der Waals surface area contributed by atoms with Crippen LogP contribution in [0.4, 0.5) is 17.1 Å². The van der Waals surface area contributed by atoms with Crippen molar-refractivity contribution in [3.63, 3.8) is 0 Å². The van der Waals surface area contributed by atoms with Gasteiger partial charge in [0.15, 0.2) is 0 Å². The molecule has 0 aliphatic heterocycles. The Hall–Kier alpha value is -7.78. The maximum atomic E-state index is 2.53. The molecule has 0 saturated carbocycles. The highest BCUT2D eigenvalue weighted by molar-refractivity contribution is 7.26. The Kier molecular flexibility index (Phi) is 8.06. The molecule has 0 fully saturated rings. The van der Waals surface area contributed by atoms with Gasteiger partial charge in [-0.1, -0.05) is 206 Å². The number of nitrogens with zero attached hydrogens (tertiary/aromatic N) is 1. The number of thiophene rings is 1. The maximum absolute atomic E-state index is 2.53. The fourth-order valence-electron chi connectivity index (χ4n) is 11.0. The molecule has 0 atom stereocenters. The Morgan fingerprint density at radius 1 is 0.302 bits per heavy atom. The van der Waals surface area contributed by atoms with Crippen LogP contribution in [0.5, 0.6) is 0 Å². The third-order valence-electron chi connectivity index (χ3n) is 13.5. The summed E-state index contributed by atoms with van der Waals surface area (Å²) in [6.45, 7) is 0. The lowest BCUT2D eigenvalue weighted by Crippen LogP contribution is -2.30. The third-order valence-corrected chi connectivity index (χ3v) is 14.7. The molecule has 11 aromatic rings. The number of anilines is 3. The Labute approximate surface area is 371 Å². The van der Waals surface area contributed by atoms with E-state index in [4.69, 9.17) is 0 Å². The van der Waals surface area contributed by atoms with Crippen molar-refractivity contribution in [2.75, 3.05) is 4.90 Å². The molecule has 2 heteroatoms. The van der Waals surface area contributed by atoms with Gasteiger partial charge in [-0.3, -0.25) is 0 Å². The van der Waals surface area contributed by atoms with E-state index in [2.05, 4.69) is 241 Å². The van der Waals surface area contributed by atoms with E-state index in [0.29, 0.717) is 0 Å². The van der Waals surface area contributed by atoms with Crippen molar-refractivity contribution in [3.05, 3.63) is 259 Å². The van der Waals surface area contributed by atoms with E-state index >= 15 is 0 Å². The van der Waals surface area contributed by atoms with E-state index in [1.165, 1.54) is 98.1 Å². The van der Waals surface area contributed by atoms with Crippen LogP contribution in [0.25, 0.3) is 75.8 Å². The molecule has 294 valence electrons. The van der Waals surface area contributed by atoms with Crippen LogP contribution in [-0.4, -0.2) is 0 Å². The molecule has 0 N–H and O–H groups in total. The number of hydrogen-bond donors (Lipinski definition) is 0. The molecule has 2 aliphatic rings. The Morgan fingerprint density at radius 2 is 0.746 bits per heavy atom. The lowest BCUT2D eigenvalue weighted by molar-refractivity contribution is 0.773. The van der Waals surface area contributed by atoms with Gasteiger partial charge in [-0.2, -0.15) is 0 Å². The summed E-state index contributed by atoms with van der Waals surface area (Å²) in [6, 6.07) is 88.2. The first-order chi connectivity index (χ1) is 31.3. The summed E-state index contributed by atoms with van der Waals surface area (Å²) in [5.74, 6) is 0. The largest absolute Gasteiger partial charge is 0.308 e. The van der Waals surface area contributed by atoms with E-state index < -0.39 is 5.41 Å². The highest BCUT2D eigenvalue weighted by Gasteiger charge is 2.49. The SMILES string of the molecule is c1ccc(-c2ccc(N(c3cccc4c3-c3ccccc3-c3ccccc3C3(c5ccccc5-c5ccccc53)c3ccccc3-4)c3cccc4c3sc3ccccc34)cc2)cc1. The van der Waals surface area contributed by atoms with Gasteiger partial charge in [-0.25, -0.2) is 0 Å². The fourth-order valence-corrected chi connectivity index (χ4v) is 12.2. The molecule has 10 aromatic carbocycles. The highest BCUT2D eigenvalue weighted by Crippen LogP contribution is 2.62. The van der Waals surface area contributed by atoms with Crippen LogP contribution < -0.4 is 4.90 Å². The summed E-state index contributed by atoms with van der Waals surface area (Å²) in [7, 11) is 0. The topological polar surface area (TPSA) is 3.24 Å². The zero-order valence-corrected chi connectivity index (χ0v) is 35.2. The van der Waals surface area contributed by atoms with E-state index in [9.17, 15) is 0 Å². The molecule has 1 spiro atoms. The van der Waals surface area contributed by atoms with Gasteiger partial charge in [0.2, 0.25) is 0 Å². The van der Waals surface area contributed by atoms with Crippen molar-refractivity contribution in [2.45, 2.75) is 5.41 Å². The van der Waals surface area contributed by atoms with Crippen molar-refractivity contribution in [2.24, 2.45) is 0 Å². The van der Waals surface area contributed by atoms with Crippen molar-refractivity contribution >= 4 is 48.6 Å². The van der Waals surface area contributed by atoms with Crippen LogP contribution in [0, 0.1) is 0 Å². The lowest BCUT2D eigenvalue weighted by atomic mass is 9.64. The molecule has 0 unspecified atom stereocenters. The van der Waals surface area contributed by atoms with Crippen LogP contribution in [0.2, 0.25) is 0 Å². The van der Waals surface area contributed by atoms with E-state index in [0.717, 1.165) is 17.1 Å². The van der Waals surface area contributed by atoms with Gasteiger partial charge in [-0.05, 0) is 103 Å². The quantitative estimate of drug-likeness (QED) is 0.171. The molecule has 0 amide bonds. The first kappa shape index (κ1) is 35.9. The Bertz CT molecular complexity index is 3530. The van der Waals surface area contributed by atoms with Crippen molar-refractivity contribution in [1.82, 2.24) is 0 Å². The van der Waals surface area contributed by atoms with Crippen molar-refractivity contribution < 1.29 is 0 Å². The lowest BCUT2D eigenvalue weighted by Gasteiger charge is -2.36. The molecule has 13 rings (SSSR count). The number of hydrogen-bond acceptors (Lipinski definition) is 2. The average Bonchev–Trinajstić information content (AvgIpc) is 3.90. The van der Waals surface area contributed by atoms with Gasteiger partial charge in [-0.15, -0.1) is 11.3 Å². The summed E-state index contributed by atoms with van der Waals surface area (Å²) in [5, 5.41) is 2.56. The summed E-state index contributed by atoms with van der Waals surface area (Å²) in [4.78, 5) is 2.53. The fraction of sp³-hybridized carbons (Fsp3) is 0.0164. The summed E-state index contributed by atoms with van der Waals surface area (Å²) in [5.41, 5.74) is 20.3. The second kappa shape index (κ2) is 14.1. The molecule has 0 radical (unpaired) electrons. The number of benzene rings is 10. The van der Waals surface area contributed by atoms with Crippen LogP contribution in [0.15, 0.2) is 237 Å². The molecule has 1 heterocycles. The molecule has 1 aromatic heterocycles. The molecular weight excluding hydrogens is 779 g/mol. The van der Waals surface area contributed by atoms with Gasteiger partial charge in [0.05, 0.1) is 21.5 Å². The minimum absolute atomic E-state index is 0.583. The van der Waals surface area contributed by atoms with E-state index in [1.807, 2.05) is 11.3 Å². The van der Waals surface area contributed by atoms with Crippen molar-refractivity contribution in [3.8, 4) is 55.6 Å². The minimum atomic E-state index is -0.583. The van der Waals surface area contributed by atoms with E-state index in [1.54, 1.807) is 0 Å². The molecule has 1 nitrogen and oxygen atoms in total. The molecule has 2 aliphatic carbocycles. The molecular formula is C61H39NS. The molecule has 0 saturated heterocycles. The highest BCUT2D eigenvalue weighted by atomic mass is 32.1. The standard InChI is InChI=1S/C61H39NS/c1-2-18-40(19-3-1)41-36-38-42(39-37-41)62(57-34-17-28-51-48-25-10-15-35-58(48)63-60(51)57)56-33-16-27-50-47-24-9-14-32-55(47)61(53-30-12-7-22-45(53)46-23-8-13-31-54(46)61)52-29-11-6-21-44(52)43-20-4-5-26-49(43)59(50)56/h1-39H. The Morgan fingerprint density at radius 3 is 1.40 bits per heavy atom. The van der Waals surface area contributed by atoms with Gasteiger partial charge in [0.1, 0.15) is 0 Å². The summed E-state index contributed by atoms with van der Waals surface area (Å²) in [6.07, 6.45) is 0. The third kappa shape index (κ3) is 5.22. The second-order valence-corrected chi connectivity index (χ2v) is 17.7. The van der Waals surface area contributed by atoms with Gasteiger partial charge < -0.3 is 4.90 Å². The van der Waals surface area contributed by atoms with Crippen molar-refractivity contribution in [1.29, 1.82) is 0 Å². The van der Waals surface area contributed by atoms with Gasteiger partial charge in [0, 0.05) is 26.7 Å². The Balaban J connectivity index is 1.17. The number of rotatable bonds is 4. The first-order valence-electron chi connectivity index (χ1n) is 21.8. The maximum Gasteiger partial charge on any atom is 0.0725 e. The molecule has 63 heavy (non-hydrogen) atoms. The average molecular weight is 818 g/mol. The number of fused-ring (bicyclic) bond motifs is 17.